The van der Waals surface area contributed by atoms with Gasteiger partial charge < -0.3 is 9.84 Å². The summed E-state index contributed by atoms with van der Waals surface area (Å²) < 4.78 is 6.06. The van der Waals surface area contributed by atoms with E-state index in [9.17, 15) is 5.11 Å². The SMILES string of the molecule is CC[C@@H]1SC(O)[C@](C)(OCc2ccccc2)[C@@H]1C. The van der Waals surface area contributed by atoms with Gasteiger partial charge in [-0.3, -0.25) is 0 Å². The average molecular weight is 266 g/mol. The molecule has 0 spiro atoms. The van der Waals surface area contributed by atoms with E-state index < -0.39 is 11.0 Å². The zero-order chi connectivity index (χ0) is 13.2. The van der Waals surface area contributed by atoms with Crippen molar-refractivity contribution in [3.05, 3.63) is 35.9 Å². The summed E-state index contributed by atoms with van der Waals surface area (Å²) in [5, 5.41) is 10.7. The predicted molar refractivity (Wildman–Crippen MR) is 76.5 cm³/mol. The first-order chi connectivity index (χ1) is 8.58. The van der Waals surface area contributed by atoms with Gasteiger partial charge in [-0.2, -0.15) is 0 Å². The lowest BCUT2D eigenvalue weighted by Gasteiger charge is -2.32. The molecule has 1 aliphatic heterocycles. The summed E-state index contributed by atoms with van der Waals surface area (Å²) in [7, 11) is 0. The van der Waals surface area contributed by atoms with Crippen molar-refractivity contribution in [2.75, 3.05) is 0 Å². The highest BCUT2D eigenvalue weighted by molar-refractivity contribution is 8.00. The second-order valence-corrected chi connectivity index (χ2v) is 6.51. The molecule has 0 amide bonds. The van der Waals surface area contributed by atoms with Crippen molar-refractivity contribution in [3.8, 4) is 0 Å². The first-order valence-corrected chi connectivity index (χ1v) is 7.53. The van der Waals surface area contributed by atoms with E-state index in [1.165, 1.54) is 0 Å². The Morgan fingerprint density at radius 1 is 1.33 bits per heavy atom. The van der Waals surface area contributed by atoms with Gasteiger partial charge in [-0.1, -0.05) is 44.2 Å². The van der Waals surface area contributed by atoms with Crippen LogP contribution in [0, 0.1) is 5.92 Å². The van der Waals surface area contributed by atoms with Crippen molar-refractivity contribution in [2.45, 2.75) is 50.1 Å². The maximum atomic E-state index is 10.2. The number of thioether (sulfide) groups is 1. The number of aliphatic hydroxyl groups excluding tert-OH is 1. The average Bonchev–Trinajstić information content (AvgIpc) is 2.62. The predicted octanol–water partition coefficient (Wildman–Crippen LogP) is 3.44. The van der Waals surface area contributed by atoms with Crippen LogP contribution in [-0.2, 0) is 11.3 Å². The Morgan fingerprint density at radius 3 is 2.56 bits per heavy atom. The molecule has 1 fully saturated rings. The topological polar surface area (TPSA) is 29.5 Å². The number of hydrogen-bond donors (Lipinski definition) is 1. The molecule has 3 heteroatoms. The fourth-order valence-corrected chi connectivity index (χ4v) is 4.06. The second-order valence-electron chi connectivity index (χ2n) is 5.18. The normalized spacial score (nSPS) is 35.9. The third kappa shape index (κ3) is 2.58. The Bertz CT molecular complexity index is 381. The van der Waals surface area contributed by atoms with Gasteiger partial charge in [-0.25, -0.2) is 0 Å². The van der Waals surface area contributed by atoms with E-state index in [-0.39, 0.29) is 0 Å². The van der Waals surface area contributed by atoms with Crippen molar-refractivity contribution in [2.24, 2.45) is 5.92 Å². The van der Waals surface area contributed by atoms with Gasteiger partial charge in [0.15, 0.2) is 0 Å². The smallest absolute Gasteiger partial charge is 0.129 e. The van der Waals surface area contributed by atoms with Crippen LogP contribution in [0.1, 0.15) is 32.8 Å². The van der Waals surface area contributed by atoms with Gasteiger partial charge in [-0.05, 0) is 18.9 Å². The number of rotatable bonds is 4. The van der Waals surface area contributed by atoms with Crippen LogP contribution in [0.15, 0.2) is 30.3 Å². The van der Waals surface area contributed by atoms with Crippen molar-refractivity contribution in [1.29, 1.82) is 0 Å². The molecule has 1 aromatic rings. The Labute approximate surface area is 114 Å². The van der Waals surface area contributed by atoms with Gasteiger partial charge in [0, 0.05) is 11.2 Å². The molecule has 0 aromatic heterocycles. The Hall–Kier alpha value is -0.510. The van der Waals surface area contributed by atoms with Crippen LogP contribution < -0.4 is 0 Å². The number of hydrogen-bond acceptors (Lipinski definition) is 3. The summed E-state index contributed by atoms with van der Waals surface area (Å²) in [6.07, 6.45) is 1.08. The van der Waals surface area contributed by atoms with Crippen molar-refractivity contribution in [1.82, 2.24) is 0 Å². The van der Waals surface area contributed by atoms with Gasteiger partial charge >= 0.3 is 0 Å². The van der Waals surface area contributed by atoms with Gasteiger partial charge in [0.25, 0.3) is 0 Å². The molecule has 2 nitrogen and oxygen atoms in total. The maximum absolute atomic E-state index is 10.2. The summed E-state index contributed by atoms with van der Waals surface area (Å²) in [6, 6.07) is 10.1. The van der Waals surface area contributed by atoms with Crippen LogP contribution in [0.4, 0.5) is 0 Å². The van der Waals surface area contributed by atoms with Gasteiger partial charge in [-0.15, -0.1) is 11.8 Å². The molecule has 0 bridgehead atoms. The number of benzene rings is 1. The number of ether oxygens (including phenoxy) is 1. The Morgan fingerprint density at radius 2 is 2.00 bits per heavy atom. The first-order valence-electron chi connectivity index (χ1n) is 6.59. The van der Waals surface area contributed by atoms with Crippen molar-refractivity contribution < 1.29 is 9.84 Å². The Kier molecular flexibility index (Phi) is 4.36. The quantitative estimate of drug-likeness (QED) is 0.905. The maximum Gasteiger partial charge on any atom is 0.129 e. The summed E-state index contributed by atoms with van der Waals surface area (Å²) in [4.78, 5) is 0. The largest absolute Gasteiger partial charge is 0.379 e. The van der Waals surface area contributed by atoms with Crippen LogP contribution in [0.2, 0.25) is 0 Å². The Balaban J connectivity index is 2.03. The summed E-state index contributed by atoms with van der Waals surface area (Å²) >= 11 is 1.65. The van der Waals surface area contributed by atoms with Crippen LogP contribution in [0.25, 0.3) is 0 Å². The molecule has 1 unspecified atom stereocenters. The molecule has 1 N–H and O–H groups in total. The molecule has 1 aromatic carbocycles. The zero-order valence-corrected chi connectivity index (χ0v) is 12.1. The van der Waals surface area contributed by atoms with Gasteiger partial charge in [0.2, 0.25) is 0 Å². The van der Waals surface area contributed by atoms with Crippen LogP contribution in [-0.4, -0.2) is 21.4 Å². The molecule has 0 saturated carbocycles. The molecule has 2 rings (SSSR count). The lowest BCUT2D eigenvalue weighted by molar-refractivity contribution is -0.113. The fraction of sp³-hybridized carbons (Fsp3) is 0.600. The van der Waals surface area contributed by atoms with Gasteiger partial charge in [0.1, 0.15) is 11.0 Å². The van der Waals surface area contributed by atoms with E-state index in [0.717, 1.165) is 12.0 Å². The molecule has 1 aliphatic rings. The van der Waals surface area contributed by atoms with Crippen LogP contribution in [0.3, 0.4) is 0 Å². The van der Waals surface area contributed by atoms with Crippen molar-refractivity contribution >= 4 is 11.8 Å². The molecule has 1 saturated heterocycles. The lowest BCUT2D eigenvalue weighted by atomic mass is 9.87. The monoisotopic (exact) mass is 266 g/mol. The minimum Gasteiger partial charge on any atom is -0.379 e. The molecule has 18 heavy (non-hydrogen) atoms. The summed E-state index contributed by atoms with van der Waals surface area (Å²) in [5.74, 6) is 0.367. The lowest BCUT2D eigenvalue weighted by Crippen LogP contribution is -2.42. The van der Waals surface area contributed by atoms with E-state index in [1.807, 2.05) is 25.1 Å². The molecule has 0 aliphatic carbocycles. The highest BCUT2D eigenvalue weighted by Gasteiger charge is 2.50. The fourth-order valence-electron chi connectivity index (χ4n) is 2.48. The minimum atomic E-state index is -0.443. The van der Waals surface area contributed by atoms with Gasteiger partial charge in [0.05, 0.1) is 6.61 Å². The van der Waals surface area contributed by atoms with Crippen LogP contribution >= 0.6 is 11.8 Å². The molecule has 100 valence electrons. The number of aliphatic hydroxyl groups is 1. The van der Waals surface area contributed by atoms with E-state index in [4.69, 9.17) is 4.74 Å². The summed E-state index contributed by atoms with van der Waals surface area (Å²) in [5.41, 5.74) is 0.283. The molecule has 0 radical (unpaired) electrons. The third-order valence-electron chi connectivity index (χ3n) is 4.05. The highest BCUT2D eigenvalue weighted by atomic mass is 32.2. The minimum absolute atomic E-state index is 0.367. The standard InChI is InChI=1S/C15H22O2S/c1-4-13-11(2)15(3,14(16)18-13)17-10-12-8-6-5-7-9-12/h5-9,11,13-14,16H,4,10H2,1-3H3/t11-,13+,14?,15-/m1/s1. The van der Waals surface area contributed by atoms with Crippen molar-refractivity contribution in [3.63, 3.8) is 0 Å². The first kappa shape index (κ1) is 13.9. The highest BCUT2D eigenvalue weighted by Crippen LogP contribution is 2.48. The summed E-state index contributed by atoms with van der Waals surface area (Å²) in [6.45, 7) is 6.95. The third-order valence-corrected chi connectivity index (χ3v) is 5.87. The van der Waals surface area contributed by atoms with E-state index in [0.29, 0.717) is 17.8 Å². The van der Waals surface area contributed by atoms with E-state index >= 15 is 0 Å². The zero-order valence-electron chi connectivity index (χ0n) is 11.3. The molecule has 1 heterocycles. The van der Waals surface area contributed by atoms with Crippen LogP contribution in [0.5, 0.6) is 0 Å². The molecule has 4 atom stereocenters. The van der Waals surface area contributed by atoms with E-state index in [2.05, 4.69) is 26.0 Å². The van der Waals surface area contributed by atoms with E-state index in [1.54, 1.807) is 11.8 Å². The second kappa shape index (κ2) is 5.64. The molecular formula is C15H22O2S. The molecular weight excluding hydrogens is 244 g/mol.